The summed E-state index contributed by atoms with van der Waals surface area (Å²) in [6, 6.07) is 0. The van der Waals surface area contributed by atoms with Crippen molar-refractivity contribution >= 4 is 0 Å². The zero-order chi connectivity index (χ0) is 61.0. The first kappa shape index (κ1) is 84.0. The molecule has 0 bridgehead atoms. The molecule has 86 heavy (non-hydrogen) atoms. The van der Waals surface area contributed by atoms with Crippen molar-refractivity contribution in [3.63, 3.8) is 0 Å². The van der Waals surface area contributed by atoms with E-state index < -0.39 is 0 Å². The Kier molecular flexibility index (Phi) is 77.4. The Morgan fingerprint density at radius 2 is 0.233 bits per heavy atom. The van der Waals surface area contributed by atoms with Gasteiger partial charge in [0.25, 0.3) is 0 Å². The second-order valence-corrected chi connectivity index (χ2v) is 30.5. The van der Waals surface area contributed by atoms with Gasteiger partial charge in [0.2, 0.25) is 0 Å². The highest BCUT2D eigenvalue weighted by Crippen LogP contribution is 2.29. The van der Waals surface area contributed by atoms with Gasteiger partial charge >= 0.3 is 0 Å². The van der Waals surface area contributed by atoms with Crippen molar-refractivity contribution < 1.29 is 0 Å². The van der Waals surface area contributed by atoms with E-state index in [2.05, 4.69) is 6.92 Å². The first-order valence-electron chi connectivity index (χ1n) is 42.9. The van der Waals surface area contributed by atoms with Gasteiger partial charge < -0.3 is 0 Å². The molecule has 0 amide bonds. The highest BCUT2D eigenvalue weighted by Gasteiger charge is 2.12. The van der Waals surface area contributed by atoms with Crippen LogP contribution in [-0.4, -0.2) is 0 Å². The van der Waals surface area contributed by atoms with Gasteiger partial charge in [0.05, 0.1) is 0 Å². The van der Waals surface area contributed by atoms with Crippen LogP contribution < -0.4 is 0 Å². The minimum absolute atomic E-state index is 1.10. The molecule has 0 atom stereocenters. The molecule has 0 aromatic carbocycles. The molecule has 516 valence electrons. The molecular formula is C86H172. The molecule has 0 unspecified atom stereocenters. The Morgan fingerprint density at radius 1 is 0.128 bits per heavy atom. The normalized spacial score (nSPS) is 13.1. The summed E-state index contributed by atoms with van der Waals surface area (Å²) >= 11 is 0. The van der Waals surface area contributed by atoms with Crippen molar-refractivity contribution in [2.24, 2.45) is 5.92 Å². The smallest absolute Gasteiger partial charge is 0.0414 e. The maximum atomic E-state index is 2.32. The van der Waals surface area contributed by atoms with Crippen LogP contribution in [0, 0.1) is 5.92 Å². The molecule has 1 fully saturated rings. The zero-order valence-electron chi connectivity index (χ0n) is 61.0. The van der Waals surface area contributed by atoms with Crippen LogP contribution in [0.25, 0.3) is 0 Å². The van der Waals surface area contributed by atoms with Crippen LogP contribution in [0.2, 0.25) is 0 Å². The van der Waals surface area contributed by atoms with Gasteiger partial charge in [-0.3, -0.25) is 0 Å². The van der Waals surface area contributed by atoms with E-state index in [-0.39, 0.29) is 0 Å². The lowest BCUT2D eigenvalue weighted by atomic mass is 9.85. The number of rotatable bonds is 79. The van der Waals surface area contributed by atoms with Crippen molar-refractivity contribution in [3.8, 4) is 0 Å². The van der Waals surface area contributed by atoms with Crippen LogP contribution in [0.15, 0.2) is 0 Å². The fraction of sp³-hybridized carbons (Fsp3) is 1.00. The van der Waals surface area contributed by atoms with Crippen molar-refractivity contribution in [3.05, 3.63) is 0 Å². The molecule has 0 nitrogen and oxygen atoms in total. The van der Waals surface area contributed by atoms with E-state index in [4.69, 9.17) is 0 Å². The summed E-state index contributed by atoms with van der Waals surface area (Å²) in [7, 11) is 0. The van der Waals surface area contributed by atoms with Gasteiger partial charge in [-0.25, -0.2) is 0 Å². The summed E-state index contributed by atoms with van der Waals surface area (Å²) in [6.45, 7) is 2.32. The average molecular weight is 1210 g/mol. The summed E-state index contributed by atoms with van der Waals surface area (Å²) in [5.41, 5.74) is 0. The fourth-order valence-electron chi connectivity index (χ4n) is 15.4. The van der Waals surface area contributed by atoms with Crippen LogP contribution in [0.3, 0.4) is 0 Å². The lowest BCUT2D eigenvalue weighted by Gasteiger charge is -2.21. The Hall–Kier alpha value is 0. The van der Waals surface area contributed by atoms with Crippen molar-refractivity contribution in [1.29, 1.82) is 0 Å². The lowest BCUT2D eigenvalue weighted by molar-refractivity contribution is 0.328. The number of unbranched alkanes of at least 4 members (excludes halogenated alkanes) is 77. The zero-order valence-corrected chi connectivity index (χ0v) is 61.0. The van der Waals surface area contributed by atoms with E-state index in [1.807, 2.05) is 0 Å². The van der Waals surface area contributed by atoms with E-state index >= 15 is 0 Å². The van der Waals surface area contributed by atoms with Crippen LogP contribution in [-0.2, 0) is 0 Å². The fourth-order valence-corrected chi connectivity index (χ4v) is 15.4. The van der Waals surface area contributed by atoms with E-state index in [9.17, 15) is 0 Å². The molecule has 1 rings (SSSR count). The molecule has 1 aliphatic carbocycles. The molecule has 0 aromatic rings. The van der Waals surface area contributed by atoms with Crippen molar-refractivity contribution in [1.82, 2.24) is 0 Å². The predicted octanol–water partition coefficient (Wildman–Crippen LogP) is 33.4. The van der Waals surface area contributed by atoms with Gasteiger partial charge in [0.1, 0.15) is 0 Å². The third-order valence-corrected chi connectivity index (χ3v) is 21.7. The van der Waals surface area contributed by atoms with E-state index in [1.54, 1.807) is 19.3 Å². The van der Waals surface area contributed by atoms with Gasteiger partial charge in [-0.05, 0) is 5.92 Å². The molecule has 0 radical (unpaired) electrons. The number of hydrogen-bond acceptors (Lipinski definition) is 0. The van der Waals surface area contributed by atoms with Gasteiger partial charge in [0.15, 0.2) is 0 Å². The molecule has 0 aromatic heterocycles. The lowest BCUT2D eigenvalue weighted by Crippen LogP contribution is -2.05. The van der Waals surface area contributed by atoms with Gasteiger partial charge in [0, 0.05) is 0 Å². The Bertz CT molecular complexity index is 1120. The molecule has 0 saturated heterocycles. The SMILES string of the molecule is CCCCCCCCCCCCCCCCCCCCCCCCCCCCCCCCCCCCCCCCCCCCCCCCCCCCCCCCCCCCCCCCCCCCCCCCCCCCCCCCC1CCCCC1. The summed E-state index contributed by atoms with van der Waals surface area (Å²) < 4.78 is 0. The molecule has 0 aliphatic heterocycles. The summed E-state index contributed by atoms with van der Waals surface area (Å²) in [4.78, 5) is 0. The molecule has 1 saturated carbocycles. The van der Waals surface area contributed by atoms with Crippen LogP contribution >= 0.6 is 0 Å². The highest BCUT2D eigenvalue weighted by molar-refractivity contribution is 4.66. The van der Waals surface area contributed by atoms with Crippen LogP contribution in [0.4, 0.5) is 0 Å². The highest BCUT2D eigenvalue weighted by atomic mass is 14.2. The van der Waals surface area contributed by atoms with Gasteiger partial charge in [-0.1, -0.05) is 546 Å². The summed E-state index contributed by atoms with van der Waals surface area (Å²) in [5, 5.41) is 0. The predicted molar refractivity (Wildman–Crippen MR) is 397 cm³/mol. The third kappa shape index (κ3) is 74.7. The maximum absolute atomic E-state index is 2.32. The molecule has 0 N–H and O–H groups in total. The first-order chi connectivity index (χ1) is 42.9. The quantitative estimate of drug-likeness (QED) is 0.0533. The first-order valence-corrected chi connectivity index (χ1v) is 42.9. The van der Waals surface area contributed by atoms with E-state index in [0.717, 1.165) is 5.92 Å². The third-order valence-electron chi connectivity index (χ3n) is 21.7. The Balaban J connectivity index is 1.58. The minimum atomic E-state index is 1.10. The second-order valence-electron chi connectivity index (χ2n) is 30.5. The number of hydrogen-bond donors (Lipinski definition) is 0. The van der Waals surface area contributed by atoms with Crippen molar-refractivity contribution in [2.75, 3.05) is 0 Å². The largest absolute Gasteiger partial charge is 0.0654 e. The average Bonchev–Trinajstić information content (AvgIpc) is 3.53. The summed E-state index contributed by atoms with van der Waals surface area (Å²) in [5.74, 6) is 1.10. The van der Waals surface area contributed by atoms with Gasteiger partial charge in [-0.15, -0.1) is 0 Å². The van der Waals surface area contributed by atoms with Gasteiger partial charge in [-0.2, -0.15) is 0 Å². The molecule has 1 aliphatic rings. The maximum Gasteiger partial charge on any atom is -0.0414 e. The molecule has 0 heteroatoms. The second kappa shape index (κ2) is 79.2. The van der Waals surface area contributed by atoms with E-state index in [0.29, 0.717) is 0 Å². The molecule has 0 heterocycles. The molecule has 0 spiro atoms. The standard InChI is InChI=1S/C86H172/c1-2-3-4-5-6-7-8-9-10-11-12-13-14-15-16-17-18-19-20-21-22-23-24-25-26-27-28-29-30-31-32-33-34-35-36-37-38-39-40-41-42-43-44-45-46-47-48-49-50-51-52-53-54-55-56-57-58-59-60-61-62-63-64-65-66-67-68-69-70-71-72-73-74-75-76-77-78-80-83-86-84-81-79-82-85-86/h86H,2-85H2,1H3. The van der Waals surface area contributed by atoms with Crippen LogP contribution in [0.5, 0.6) is 0 Å². The molecular weight excluding hydrogens is 1030 g/mol. The van der Waals surface area contributed by atoms with Crippen LogP contribution in [0.1, 0.15) is 546 Å². The monoisotopic (exact) mass is 1210 g/mol. The topological polar surface area (TPSA) is 0 Å². The minimum Gasteiger partial charge on any atom is -0.0654 e. The Labute approximate surface area is 549 Å². The Morgan fingerprint density at radius 3 is 0.349 bits per heavy atom. The van der Waals surface area contributed by atoms with Crippen molar-refractivity contribution in [2.45, 2.75) is 546 Å². The summed E-state index contributed by atoms with van der Waals surface area (Å²) in [6.07, 6.45) is 126. The van der Waals surface area contributed by atoms with E-state index in [1.165, 1.54) is 520 Å².